The standard InChI is InChI=1S/C20H12BrN5O/c21-16-7-3-2-6-15(16)20(27)25-19-14(11-22)12-23-26(19)18-10-9-13-5-1-4-8-17(13)24-18/h1-10,12H,(H,25,27). The van der Waals surface area contributed by atoms with Crippen LogP contribution >= 0.6 is 15.9 Å². The van der Waals surface area contributed by atoms with Gasteiger partial charge in [0.25, 0.3) is 5.91 Å². The number of nitrogens with one attached hydrogen (secondary N) is 1. The molecule has 1 N–H and O–H groups in total. The predicted molar refractivity (Wildman–Crippen MR) is 106 cm³/mol. The van der Waals surface area contributed by atoms with Gasteiger partial charge in [-0.3, -0.25) is 4.79 Å². The third kappa shape index (κ3) is 3.18. The number of halogens is 1. The predicted octanol–water partition coefficient (Wildman–Crippen LogP) is 4.31. The number of nitrogens with zero attached hydrogens (tertiary/aromatic N) is 4. The highest BCUT2D eigenvalue weighted by Gasteiger charge is 2.18. The van der Waals surface area contributed by atoms with E-state index in [0.717, 1.165) is 10.9 Å². The molecule has 27 heavy (non-hydrogen) atoms. The Balaban J connectivity index is 1.77. The Morgan fingerprint density at radius 3 is 2.67 bits per heavy atom. The molecular formula is C20H12BrN5O. The normalized spacial score (nSPS) is 10.5. The summed E-state index contributed by atoms with van der Waals surface area (Å²) in [6, 6.07) is 20.5. The Hall–Kier alpha value is -3.50. The molecule has 0 aliphatic carbocycles. The van der Waals surface area contributed by atoms with E-state index in [0.29, 0.717) is 15.9 Å². The van der Waals surface area contributed by atoms with Gasteiger partial charge in [-0.05, 0) is 46.3 Å². The molecule has 0 radical (unpaired) electrons. The number of benzene rings is 2. The van der Waals surface area contributed by atoms with E-state index in [1.807, 2.05) is 36.4 Å². The smallest absolute Gasteiger partial charge is 0.257 e. The number of pyridine rings is 1. The van der Waals surface area contributed by atoms with Gasteiger partial charge in [0.1, 0.15) is 11.6 Å². The summed E-state index contributed by atoms with van der Waals surface area (Å²) in [4.78, 5) is 17.3. The van der Waals surface area contributed by atoms with Gasteiger partial charge < -0.3 is 5.32 Å². The van der Waals surface area contributed by atoms with Crippen molar-refractivity contribution in [3.63, 3.8) is 0 Å². The van der Waals surface area contributed by atoms with Crippen LogP contribution in [-0.4, -0.2) is 20.7 Å². The highest BCUT2D eigenvalue weighted by atomic mass is 79.9. The lowest BCUT2D eigenvalue weighted by Crippen LogP contribution is -2.17. The highest BCUT2D eigenvalue weighted by Crippen LogP contribution is 2.23. The van der Waals surface area contributed by atoms with Gasteiger partial charge in [-0.2, -0.15) is 15.0 Å². The number of carbonyl (C=O) groups excluding carboxylic acids is 1. The molecule has 6 nitrogen and oxygen atoms in total. The quantitative estimate of drug-likeness (QED) is 0.538. The molecule has 1 amide bonds. The molecule has 0 aliphatic rings. The van der Waals surface area contributed by atoms with E-state index in [9.17, 15) is 10.1 Å². The van der Waals surface area contributed by atoms with E-state index in [1.54, 1.807) is 24.3 Å². The molecule has 0 fully saturated rings. The van der Waals surface area contributed by atoms with E-state index in [-0.39, 0.29) is 17.3 Å². The van der Waals surface area contributed by atoms with Crippen molar-refractivity contribution in [1.29, 1.82) is 5.26 Å². The number of aromatic nitrogens is 3. The molecule has 0 aliphatic heterocycles. The Bertz CT molecular complexity index is 1210. The maximum absolute atomic E-state index is 12.7. The summed E-state index contributed by atoms with van der Waals surface area (Å²) in [6.07, 6.45) is 1.41. The number of rotatable bonds is 3. The largest absolute Gasteiger partial charge is 0.305 e. The maximum atomic E-state index is 12.7. The van der Waals surface area contributed by atoms with Crippen LogP contribution in [0.2, 0.25) is 0 Å². The lowest BCUT2D eigenvalue weighted by molar-refractivity contribution is 0.102. The molecule has 0 saturated carbocycles. The number of hydrogen-bond acceptors (Lipinski definition) is 4. The molecule has 0 atom stereocenters. The van der Waals surface area contributed by atoms with Crippen LogP contribution in [0.3, 0.4) is 0 Å². The summed E-state index contributed by atoms with van der Waals surface area (Å²) in [6.45, 7) is 0. The third-order valence-electron chi connectivity index (χ3n) is 4.04. The van der Waals surface area contributed by atoms with Crippen molar-refractivity contribution in [3.8, 4) is 11.9 Å². The number of para-hydroxylation sites is 1. The molecule has 2 heterocycles. The minimum Gasteiger partial charge on any atom is -0.305 e. The van der Waals surface area contributed by atoms with Crippen molar-refractivity contribution in [1.82, 2.24) is 14.8 Å². The Kier molecular flexibility index (Phi) is 4.40. The molecule has 4 rings (SSSR count). The third-order valence-corrected chi connectivity index (χ3v) is 4.73. The lowest BCUT2D eigenvalue weighted by atomic mass is 10.2. The summed E-state index contributed by atoms with van der Waals surface area (Å²) in [5, 5.41) is 17.4. The van der Waals surface area contributed by atoms with Crippen LogP contribution in [0.1, 0.15) is 15.9 Å². The van der Waals surface area contributed by atoms with Gasteiger partial charge in [0, 0.05) is 9.86 Å². The molecule has 2 aromatic carbocycles. The second kappa shape index (κ2) is 7.02. The van der Waals surface area contributed by atoms with E-state index < -0.39 is 0 Å². The Labute approximate surface area is 163 Å². The zero-order chi connectivity index (χ0) is 18.8. The topological polar surface area (TPSA) is 83.6 Å². The first-order valence-electron chi connectivity index (χ1n) is 8.07. The second-order valence-corrected chi connectivity index (χ2v) is 6.58. The minimum absolute atomic E-state index is 0.255. The van der Waals surface area contributed by atoms with Crippen molar-refractivity contribution in [2.24, 2.45) is 0 Å². The van der Waals surface area contributed by atoms with E-state index in [4.69, 9.17) is 0 Å². The first kappa shape index (κ1) is 16.9. The van der Waals surface area contributed by atoms with E-state index in [1.165, 1.54) is 10.9 Å². The van der Waals surface area contributed by atoms with Crippen molar-refractivity contribution in [2.45, 2.75) is 0 Å². The number of amides is 1. The van der Waals surface area contributed by atoms with Gasteiger partial charge in [0.15, 0.2) is 11.6 Å². The van der Waals surface area contributed by atoms with E-state index >= 15 is 0 Å². The van der Waals surface area contributed by atoms with Crippen LogP contribution in [0.25, 0.3) is 16.7 Å². The SMILES string of the molecule is N#Cc1cnn(-c2ccc3ccccc3n2)c1NC(=O)c1ccccc1Br. The molecule has 0 spiro atoms. The van der Waals surface area contributed by atoms with Crippen LogP contribution in [0.15, 0.2) is 71.3 Å². The monoisotopic (exact) mass is 417 g/mol. The van der Waals surface area contributed by atoms with E-state index in [2.05, 4.69) is 37.4 Å². The van der Waals surface area contributed by atoms with Gasteiger partial charge >= 0.3 is 0 Å². The highest BCUT2D eigenvalue weighted by molar-refractivity contribution is 9.10. The van der Waals surface area contributed by atoms with Crippen LogP contribution < -0.4 is 5.32 Å². The minimum atomic E-state index is -0.346. The van der Waals surface area contributed by atoms with Crippen LogP contribution in [0.4, 0.5) is 5.82 Å². The van der Waals surface area contributed by atoms with Crippen molar-refractivity contribution in [3.05, 3.63) is 82.5 Å². The first-order chi connectivity index (χ1) is 13.2. The fraction of sp³-hybridized carbons (Fsp3) is 0. The second-order valence-electron chi connectivity index (χ2n) is 5.73. The van der Waals surface area contributed by atoms with Crippen LogP contribution in [0.5, 0.6) is 0 Å². The summed E-state index contributed by atoms with van der Waals surface area (Å²) in [5.41, 5.74) is 1.51. The summed E-state index contributed by atoms with van der Waals surface area (Å²) >= 11 is 3.37. The lowest BCUT2D eigenvalue weighted by Gasteiger charge is -2.10. The Morgan fingerprint density at radius 2 is 1.85 bits per heavy atom. The average molecular weight is 418 g/mol. The van der Waals surface area contributed by atoms with Crippen molar-refractivity contribution in [2.75, 3.05) is 5.32 Å². The number of nitriles is 1. The molecule has 4 aromatic rings. The van der Waals surface area contributed by atoms with Gasteiger partial charge in [0.2, 0.25) is 0 Å². The molecule has 0 bridgehead atoms. The maximum Gasteiger partial charge on any atom is 0.257 e. The molecule has 7 heteroatoms. The first-order valence-corrected chi connectivity index (χ1v) is 8.87. The molecule has 0 saturated heterocycles. The van der Waals surface area contributed by atoms with Gasteiger partial charge in [-0.25, -0.2) is 4.98 Å². The summed E-state index contributed by atoms with van der Waals surface area (Å²) in [7, 11) is 0. The van der Waals surface area contributed by atoms with Gasteiger partial charge in [-0.1, -0.05) is 30.3 Å². The van der Waals surface area contributed by atoms with Gasteiger partial charge in [-0.15, -0.1) is 0 Å². The summed E-state index contributed by atoms with van der Waals surface area (Å²) < 4.78 is 2.12. The van der Waals surface area contributed by atoms with Crippen LogP contribution in [0, 0.1) is 11.3 Å². The number of carbonyl (C=O) groups is 1. The van der Waals surface area contributed by atoms with Gasteiger partial charge in [0.05, 0.1) is 17.3 Å². The fourth-order valence-electron chi connectivity index (χ4n) is 2.72. The van der Waals surface area contributed by atoms with Crippen molar-refractivity contribution < 1.29 is 4.79 Å². The number of hydrogen-bond donors (Lipinski definition) is 1. The number of anilines is 1. The number of fused-ring (bicyclic) bond motifs is 1. The van der Waals surface area contributed by atoms with Crippen LogP contribution in [-0.2, 0) is 0 Å². The average Bonchev–Trinajstić information content (AvgIpc) is 3.10. The molecule has 0 unspecified atom stereocenters. The van der Waals surface area contributed by atoms with Crippen molar-refractivity contribution >= 4 is 38.6 Å². The zero-order valence-electron chi connectivity index (χ0n) is 13.9. The zero-order valence-corrected chi connectivity index (χ0v) is 15.5. The Morgan fingerprint density at radius 1 is 1.07 bits per heavy atom. The molecule has 130 valence electrons. The summed E-state index contributed by atoms with van der Waals surface area (Å²) in [5.74, 6) is 0.445. The molecular weight excluding hydrogens is 406 g/mol. The fourth-order valence-corrected chi connectivity index (χ4v) is 3.18. The molecule has 2 aromatic heterocycles.